The van der Waals surface area contributed by atoms with E-state index in [9.17, 15) is 9.59 Å². The van der Waals surface area contributed by atoms with E-state index in [4.69, 9.17) is 21.9 Å². The molecule has 0 aliphatic carbocycles. The Morgan fingerprint density at radius 3 is 2.44 bits per heavy atom. The summed E-state index contributed by atoms with van der Waals surface area (Å²) in [6, 6.07) is 9.62. The van der Waals surface area contributed by atoms with Crippen molar-refractivity contribution in [3.8, 4) is 5.75 Å². The van der Waals surface area contributed by atoms with Gasteiger partial charge in [-0.15, -0.1) is 10.2 Å². The van der Waals surface area contributed by atoms with Crippen molar-refractivity contribution in [3.05, 3.63) is 36.4 Å². The number of hydrogen-bond acceptors (Lipinski definition) is 9. The maximum absolute atomic E-state index is 11.3. The van der Waals surface area contributed by atoms with Gasteiger partial charge in [0.15, 0.2) is 11.6 Å². The number of anilines is 2. The Hall–Kier alpha value is -3.37. The predicted octanol–water partition coefficient (Wildman–Crippen LogP) is 0.840. The maximum Gasteiger partial charge on any atom is 0.325 e. The first-order chi connectivity index (χ1) is 12.0. The number of carbonyl (C=O) groups excluding carboxylic acids is 2. The lowest BCUT2D eigenvalue weighted by atomic mass is 10.3. The molecule has 0 spiro atoms. The van der Waals surface area contributed by atoms with Crippen molar-refractivity contribution in [1.82, 2.24) is 4.98 Å². The highest BCUT2D eigenvalue weighted by Gasteiger charge is 2.08. The summed E-state index contributed by atoms with van der Waals surface area (Å²) in [5.41, 5.74) is 16.8. The molecule has 0 fully saturated rings. The molecule has 1 aromatic carbocycles. The lowest BCUT2D eigenvalue weighted by Crippen LogP contribution is -2.22. The Morgan fingerprint density at radius 2 is 1.76 bits per heavy atom. The Balaban J connectivity index is 2.19. The van der Waals surface area contributed by atoms with E-state index in [2.05, 4.69) is 20.5 Å². The standard InChI is InChI=1S/C15H17N7O3/c16-7-13(23)19-12-6-5-10(15(18)20-12)22-21-9-3-1-2-4-11(9)25-14(24)8-17/h1-6H,7-8,16-17H2,(H3,18,19,20,23). The Kier molecular flexibility index (Phi) is 6.09. The van der Waals surface area contributed by atoms with Gasteiger partial charge in [0.1, 0.15) is 17.2 Å². The molecular weight excluding hydrogens is 326 g/mol. The number of nitrogen functional groups attached to an aromatic ring is 1. The fourth-order valence-electron chi connectivity index (χ4n) is 1.71. The normalized spacial score (nSPS) is 10.6. The van der Waals surface area contributed by atoms with Crippen LogP contribution in [0.5, 0.6) is 5.75 Å². The number of benzene rings is 1. The topological polar surface area (TPSA) is 171 Å². The largest absolute Gasteiger partial charge is 0.423 e. The molecule has 0 bridgehead atoms. The summed E-state index contributed by atoms with van der Waals surface area (Å²) in [6.45, 7) is -0.417. The van der Waals surface area contributed by atoms with Crippen LogP contribution in [-0.4, -0.2) is 29.9 Å². The van der Waals surface area contributed by atoms with Gasteiger partial charge in [0.25, 0.3) is 0 Å². The van der Waals surface area contributed by atoms with Crippen LogP contribution >= 0.6 is 0 Å². The van der Waals surface area contributed by atoms with Crippen LogP contribution in [0.15, 0.2) is 46.6 Å². The molecule has 0 saturated heterocycles. The third kappa shape index (κ3) is 5.06. The van der Waals surface area contributed by atoms with Crippen LogP contribution in [-0.2, 0) is 9.59 Å². The maximum atomic E-state index is 11.3. The van der Waals surface area contributed by atoms with E-state index in [1.54, 1.807) is 24.3 Å². The van der Waals surface area contributed by atoms with E-state index >= 15 is 0 Å². The van der Waals surface area contributed by atoms with Crippen LogP contribution in [0.25, 0.3) is 0 Å². The summed E-state index contributed by atoms with van der Waals surface area (Å²) in [6.07, 6.45) is 0. The number of carbonyl (C=O) groups is 2. The van der Waals surface area contributed by atoms with E-state index in [-0.39, 0.29) is 36.2 Å². The van der Waals surface area contributed by atoms with Crippen molar-refractivity contribution in [2.24, 2.45) is 21.7 Å². The Bertz CT molecular complexity index is 807. The van der Waals surface area contributed by atoms with Crippen LogP contribution in [0.3, 0.4) is 0 Å². The molecule has 2 rings (SSSR count). The Labute approximate surface area is 143 Å². The second-order valence-electron chi connectivity index (χ2n) is 4.70. The van der Waals surface area contributed by atoms with E-state index in [1.165, 1.54) is 12.1 Å². The first kappa shape index (κ1) is 18.0. The van der Waals surface area contributed by atoms with Gasteiger partial charge in [-0.3, -0.25) is 9.59 Å². The molecule has 0 atom stereocenters. The number of amides is 1. The lowest BCUT2D eigenvalue weighted by Gasteiger charge is -2.06. The minimum absolute atomic E-state index is 0.0648. The van der Waals surface area contributed by atoms with Crippen LogP contribution < -0.4 is 27.3 Å². The zero-order valence-corrected chi connectivity index (χ0v) is 13.2. The molecule has 1 aromatic heterocycles. The molecule has 0 radical (unpaired) electrons. The minimum atomic E-state index is -0.594. The van der Waals surface area contributed by atoms with E-state index in [0.29, 0.717) is 5.69 Å². The van der Waals surface area contributed by atoms with Gasteiger partial charge < -0.3 is 27.3 Å². The third-order valence-corrected chi connectivity index (χ3v) is 2.88. The number of nitrogens with two attached hydrogens (primary N) is 3. The highest BCUT2D eigenvalue weighted by atomic mass is 16.5. The molecule has 1 heterocycles. The highest BCUT2D eigenvalue weighted by molar-refractivity contribution is 5.91. The van der Waals surface area contributed by atoms with Crippen LogP contribution in [0.4, 0.5) is 23.0 Å². The fourth-order valence-corrected chi connectivity index (χ4v) is 1.71. The molecular formula is C15H17N7O3. The molecule has 0 saturated carbocycles. The molecule has 0 aliphatic rings. The van der Waals surface area contributed by atoms with Gasteiger partial charge in [-0.1, -0.05) is 12.1 Å². The fraction of sp³-hybridized carbons (Fsp3) is 0.133. The lowest BCUT2D eigenvalue weighted by molar-refractivity contribution is -0.132. The second-order valence-corrected chi connectivity index (χ2v) is 4.70. The minimum Gasteiger partial charge on any atom is -0.423 e. The van der Waals surface area contributed by atoms with Crippen LogP contribution in [0.2, 0.25) is 0 Å². The highest BCUT2D eigenvalue weighted by Crippen LogP contribution is 2.30. The first-order valence-electron chi connectivity index (χ1n) is 7.21. The van der Waals surface area contributed by atoms with Crippen molar-refractivity contribution >= 4 is 34.9 Å². The summed E-state index contributed by atoms with van der Waals surface area (Å²) in [4.78, 5) is 26.5. The van der Waals surface area contributed by atoms with Gasteiger partial charge in [0.05, 0.1) is 13.1 Å². The summed E-state index contributed by atoms with van der Waals surface area (Å²) in [5, 5.41) is 10.5. The quantitative estimate of drug-likeness (QED) is 0.342. The number of pyridine rings is 1. The molecule has 10 nitrogen and oxygen atoms in total. The second kappa shape index (κ2) is 8.47. The monoisotopic (exact) mass is 343 g/mol. The number of rotatable bonds is 6. The third-order valence-electron chi connectivity index (χ3n) is 2.88. The molecule has 7 N–H and O–H groups in total. The Morgan fingerprint density at radius 1 is 1.04 bits per heavy atom. The number of hydrogen-bond donors (Lipinski definition) is 4. The number of nitrogens with one attached hydrogen (secondary N) is 1. The zero-order chi connectivity index (χ0) is 18.2. The van der Waals surface area contributed by atoms with Gasteiger partial charge in [0, 0.05) is 0 Å². The summed E-state index contributed by atoms with van der Waals surface area (Å²) < 4.78 is 5.06. The van der Waals surface area contributed by atoms with Crippen molar-refractivity contribution < 1.29 is 14.3 Å². The smallest absolute Gasteiger partial charge is 0.325 e. The predicted molar refractivity (Wildman–Crippen MR) is 91.6 cm³/mol. The van der Waals surface area contributed by atoms with Crippen molar-refractivity contribution in [3.63, 3.8) is 0 Å². The first-order valence-corrected chi connectivity index (χ1v) is 7.21. The van der Waals surface area contributed by atoms with Gasteiger partial charge in [-0.25, -0.2) is 4.98 Å². The molecule has 130 valence electrons. The number of ether oxygens (including phenoxy) is 1. The number of esters is 1. The average molecular weight is 343 g/mol. The van der Waals surface area contributed by atoms with Gasteiger partial charge >= 0.3 is 5.97 Å². The average Bonchev–Trinajstić information content (AvgIpc) is 2.62. The summed E-state index contributed by atoms with van der Waals surface area (Å²) in [7, 11) is 0. The summed E-state index contributed by atoms with van der Waals surface area (Å²) >= 11 is 0. The molecule has 25 heavy (non-hydrogen) atoms. The number of azo groups is 1. The van der Waals surface area contributed by atoms with E-state index in [0.717, 1.165) is 0 Å². The summed E-state index contributed by atoms with van der Waals surface area (Å²) in [5.74, 6) is -0.444. The van der Waals surface area contributed by atoms with Crippen LogP contribution in [0, 0.1) is 0 Å². The molecule has 0 unspecified atom stereocenters. The number of aromatic nitrogens is 1. The van der Waals surface area contributed by atoms with Crippen LogP contribution in [0.1, 0.15) is 0 Å². The van der Waals surface area contributed by atoms with E-state index in [1.807, 2.05) is 0 Å². The van der Waals surface area contributed by atoms with Gasteiger partial charge in [0.2, 0.25) is 5.91 Å². The van der Waals surface area contributed by atoms with Gasteiger partial charge in [-0.05, 0) is 24.3 Å². The van der Waals surface area contributed by atoms with Crippen molar-refractivity contribution in [2.75, 3.05) is 24.1 Å². The molecule has 10 heteroatoms. The number of para-hydroxylation sites is 1. The van der Waals surface area contributed by atoms with Crippen molar-refractivity contribution in [1.29, 1.82) is 0 Å². The SMILES string of the molecule is NCC(=O)Nc1ccc(N=Nc2ccccc2OC(=O)CN)c(N)n1. The molecule has 2 aromatic rings. The van der Waals surface area contributed by atoms with Crippen molar-refractivity contribution in [2.45, 2.75) is 0 Å². The van der Waals surface area contributed by atoms with E-state index < -0.39 is 11.9 Å². The van der Waals surface area contributed by atoms with Gasteiger partial charge in [-0.2, -0.15) is 0 Å². The number of nitrogens with zero attached hydrogens (tertiary/aromatic N) is 3. The zero-order valence-electron chi connectivity index (χ0n) is 13.2. The molecule has 1 amide bonds. The molecule has 0 aliphatic heterocycles.